The third-order valence-electron chi connectivity index (χ3n) is 4.11. The van der Waals surface area contributed by atoms with Gasteiger partial charge in [-0.2, -0.15) is 4.98 Å². The molecule has 0 fully saturated rings. The van der Waals surface area contributed by atoms with Gasteiger partial charge >= 0.3 is 6.01 Å². The molecule has 3 heterocycles. The summed E-state index contributed by atoms with van der Waals surface area (Å²) in [5.74, 6) is 0.110. The normalized spacial score (nSPS) is 11.2. The number of imidazole rings is 1. The van der Waals surface area contributed by atoms with E-state index in [1.165, 1.54) is 24.1 Å². The lowest BCUT2D eigenvalue weighted by Gasteiger charge is -2.04. The molecule has 27 heavy (non-hydrogen) atoms. The van der Waals surface area contributed by atoms with Crippen molar-refractivity contribution in [3.8, 4) is 5.75 Å². The Morgan fingerprint density at radius 1 is 1.37 bits per heavy atom. The third kappa shape index (κ3) is 3.02. The molecule has 10 heteroatoms. The van der Waals surface area contributed by atoms with Crippen LogP contribution in [-0.2, 0) is 18.4 Å². The lowest BCUT2D eigenvalue weighted by Crippen LogP contribution is -2.19. The van der Waals surface area contributed by atoms with Gasteiger partial charge < -0.3 is 13.7 Å². The van der Waals surface area contributed by atoms with Gasteiger partial charge in [0.15, 0.2) is 11.2 Å². The number of methoxy groups -OCH3 is 1. The Kier molecular flexibility index (Phi) is 4.08. The van der Waals surface area contributed by atoms with Gasteiger partial charge in [-0.05, 0) is 6.07 Å². The van der Waals surface area contributed by atoms with Gasteiger partial charge in [0.25, 0.3) is 5.56 Å². The molecular weight excluding hydrogens is 374 g/mol. The molecule has 0 atom stereocenters. The molecule has 0 radical (unpaired) electrons. The number of halogens is 1. The van der Waals surface area contributed by atoms with Crippen molar-refractivity contribution in [2.45, 2.75) is 6.54 Å². The fourth-order valence-electron chi connectivity index (χ4n) is 2.76. The topological polar surface area (TPSA) is 104 Å². The van der Waals surface area contributed by atoms with Gasteiger partial charge in [-0.1, -0.05) is 11.6 Å². The predicted molar refractivity (Wildman–Crippen MR) is 99.2 cm³/mol. The second kappa shape index (κ2) is 6.44. The van der Waals surface area contributed by atoms with E-state index in [2.05, 4.69) is 15.3 Å². The summed E-state index contributed by atoms with van der Waals surface area (Å²) in [5, 5.41) is 2.98. The first-order valence-electron chi connectivity index (χ1n) is 7.91. The van der Waals surface area contributed by atoms with Gasteiger partial charge in [-0.3, -0.25) is 19.5 Å². The van der Waals surface area contributed by atoms with Crippen molar-refractivity contribution >= 4 is 45.8 Å². The van der Waals surface area contributed by atoms with Crippen LogP contribution in [0, 0.1) is 0 Å². The Morgan fingerprint density at radius 2 is 2.19 bits per heavy atom. The summed E-state index contributed by atoms with van der Waals surface area (Å²) in [4.78, 5) is 32.4. The summed E-state index contributed by atoms with van der Waals surface area (Å²) < 4.78 is 13.7. The van der Waals surface area contributed by atoms with E-state index >= 15 is 0 Å². The van der Waals surface area contributed by atoms with Crippen LogP contribution in [0.5, 0.6) is 5.75 Å². The number of anilines is 1. The van der Waals surface area contributed by atoms with Crippen molar-refractivity contribution < 1.29 is 13.9 Å². The highest BCUT2D eigenvalue weighted by atomic mass is 35.5. The fraction of sp³-hybridized carbons (Fsp3) is 0.176. The number of nitrogens with zero attached hydrogens (tertiary/aromatic N) is 4. The van der Waals surface area contributed by atoms with Crippen LogP contribution in [-0.4, -0.2) is 32.1 Å². The summed E-state index contributed by atoms with van der Waals surface area (Å²) in [6, 6.07) is 6.31. The minimum atomic E-state index is -0.354. The van der Waals surface area contributed by atoms with Crippen LogP contribution in [0.15, 0.2) is 39.8 Å². The van der Waals surface area contributed by atoms with Gasteiger partial charge in [0, 0.05) is 25.2 Å². The molecule has 0 spiro atoms. The van der Waals surface area contributed by atoms with Crippen LogP contribution >= 0.6 is 11.6 Å². The van der Waals surface area contributed by atoms with Crippen LogP contribution in [0.3, 0.4) is 0 Å². The highest BCUT2D eigenvalue weighted by Crippen LogP contribution is 2.31. The van der Waals surface area contributed by atoms with E-state index in [0.29, 0.717) is 33.0 Å². The van der Waals surface area contributed by atoms with Crippen LogP contribution in [0.25, 0.3) is 22.3 Å². The van der Waals surface area contributed by atoms with E-state index in [1.807, 2.05) is 0 Å². The predicted octanol–water partition coefficient (Wildman–Crippen LogP) is 2.18. The Balaban J connectivity index is 1.57. The number of oxazole rings is 1. The first kappa shape index (κ1) is 17.1. The van der Waals surface area contributed by atoms with Crippen LogP contribution < -0.4 is 15.6 Å². The summed E-state index contributed by atoms with van der Waals surface area (Å²) >= 11 is 6.06. The molecule has 0 aliphatic carbocycles. The lowest BCUT2D eigenvalue weighted by molar-refractivity contribution is -0.116. The molecule has 0 aliphatic heterocycles. The van der Waals surface area contributed by atoms with Crippen molar-refractivity contribution in [1.29, 1.82) is 0 Å². The number of rotatable bonds is 4. The SMILES string of the molecule is COc1cc2nc(NC(=O)Cn3cnc4c3ccc(=O)n4C)oc2cc1Cl. The zero-order chi connectivity index (χ0) is 19.1. The first-order valence-corrected chi connectivity index (χ1v) is 8.29. The van der Waals surface area contributed by atoms with E-state index in [1.54, 1.807) is 29.8 Å². The van der Waals surface area contributed by atoms with E-state index in [0.717, 1.165) is 0 Å². The molecule has 138 valence electrons. The van der Waals surface area contributed by atoms with Gasteiger partial charge in [0.1, 0.15) is 17.8 Å². The number of benzene rings is 1. The van der Waals surface area contributed by atoms with Crippen molar-refractivity contribution in [3.63, 3.8) is 0 Å². The minimum Gasteiger partial charge on any atom is -0.495 e. The van der Waals surface area contributed by atoms with Crippen molar-refractivity contribution in [1.82, 2.24) is 19.1 Å². The van der Waals surface area contributed by atoms with Gasteiger partial charge in [0.05, 0.1) is 24.0 Å². The van der Waals surface area contributed by atoms with Crippen molar-refractivity contribution in [2.75, 3.05) is 12.4 Å². The smallest absolute Gasteiger partial charge is 0.302 e. The molecule has 3 aromatic heterocycles. The zero-order valence-electron chi connectivity index (χ0n) is 14.4. The van der Waals surface area contributed by atoms with Gasteiger partial charge in [-0.15, -0.1) is 0 Å². The largest absolute Gasteiger partial charge is 0.495 e. The molecular formula is C17H14ClN5O4. The maximum absolute atomic E-state index is 12.4. The number of aryl methyl sites for hydroxylation is 1. The quantitative estimate of drug-likeness (QED) is 0.575. The Morgan fingerprint density at radius 3 is 2.96 bits per heavy atom. The van der Waals surface area contributed by atoms with Gasteiger partial charge in [0.2, 0.25) is 5.91 Å². The summed E-state index contributed by atoms with van der Waals surface area (Å²) in [5.41, 5.74) is 1.94. The standard InChI is InChI=1S/C17H14ClN5O4/c1-22-15(25)4-3-11-16(22)19-8-23(11)7-14(24)21-17-20-10-6-12(26-2)9(18)5-13(10)27-17/h3-6,8H,7H2,1-2H3,(H,20,21,24). The Bertz CT molecular complexity index is 1240. The van der Waals surface area contributed by atoms with Crippen LogP contribution in [0.2, 0.25) is 5.02 Å². The second-order valence-corrected chi connectivity index (χ2v) is 6.24. The van der Waals surface area contributed by atoms with Crippen molar-refractivity contribution in [2.24, 2.45) is 7.05 Å². The molecule has 1 N–H and O–H groups in total. The van der Waals surface area contributed by atoms with E-state index in [9.17, 15) is 9.59 Å². The summed E-state index contributed by atoms with van der Waals surface area (Å²) in [6.07, 6.45) is 1.50. The molecule has 0 saturated carbocycles. The molecule has 4 rings (SSSR count). The Labute approximate surface area is 157 Å². The van der Waals surface area contributed by atoms with E-state index < -0.39 is 0 Å². The maximum atomic E-state index is 12.4. The molecule has 0 bridgehead atoms. The lowest BCUT2D eigenvalue weighted by atomic mass is 10.3. The first-order chi connectivity index (χ1) is 13.0. The summed E-state index contributed by atoms with van der Waals surface area (Å²) in [6.45, 7) is -0.0164. The average molecular weight is 388 g/mol. The molecule has 9 nitrogen and oxygen atoms in total. The van der Waals surface area contributed by atoms with E-state index in [-0.39, 0.29) is 24.0 Å². The zero-order valence-corrected chi connectivity index (χ0v) is 15.1. The van der Waals surface area contributed by atoms with Gasteiger partial charge in [-0.25, -0.2) is 4.98 Å². The minimum absolute atomic E-state index is 0.0164. The number of hydrogen-bond donors (Lipinski definition) is 1. The highest BCUT2D eigenvalue weighted by Gasteiger charge is 2.14. The molecule has 0 saturated heterocycles. The molecule has 4 aromatic rings. The van der Waals surface area contributed by atoms with Crippen LogP contribution in [0.1, 0.15) is 0 Å². The monoisotopic (exact) mass is 387 g/mol. The Hall–Kier alpha value is -3.33. The number of nitrogens with one attached hydrogen (secondary N) is 1. The number of carbonyl (C=O) groups is 1. The molecule has 0 aliphatic rings. The second-order valence-electron chi connectivity index (χ2n) is 5.83. The van der Waals surface area contributed by atoms with E-state index in [4.69, 9.17) is 20.8 Å². The fourth-order valence-corrected chi connectivity index (χ4v) is 2.99. The third-order valence-corrected chi connectivity index (χ3v) is 4.41. The number of amides is 1. The average Bonchev–Trinajstić information content (AvgIpc) is 3.20. The van der Waals surface area contributed by atoms with Crippen LogP contribution in [0.4, 0.5) is 6.01 Å². The summed E-state index contributed by atoms with van der Waals surface area (Å²) in [7, 11) is 3.13. The number of pyridine rings is 1. The number of ether oxygens (including phenoxy) is 1. The number of hydrogen-bond acceptors (Lipinski definition) is 6. The number of fused-ring (bicyclic) bond motifs is 2. The molecule has 1 amide bonds. The highest BCUT2D eigenvalue weighted by molar-refractivity contribution is 6.32. The molecule has 0 unspecified atom stereocenters. The van der Waals surface area contributed by atoms with Crippen molar-refractivity contribution in [3.05, 3.63) is 46.0 Å². The molecule has 1 aromatic carbocycles. The number of carbonyl (C=O) groups excluding carboxylic acids is 1. The maximum Gasteiger partial charge on any atom is 0.302 e. The number of aromatic nitrogens is 4.